The second kappa shape index (κ2) is 3.33. The molecule has 0 unspecified atom stereocenters. The smallest absolute Gasteiger partial charge is 0.248 e. The Morgan fingerprint density at radius 2 is 2.00 bits per heavy atom. The monoisotopic (exact) mass is 187 g/mol. The van der Waals surface area contributed by atoms with Crippen molar-refractivity contribution in [3.05, 3.63) is 48.3 Å². The highest BCUT2D eigenvalue weighted by Gasteiger charge is 2.00. The zero-order chi connectivity index (χ0) is 9.97. The molecule has 0 atom stereocenters. The largest absolute Gasteiger partial charge is 0.366 e. The van der Waals surface area contributed by atoms with Gasteiger partial charge in [0.1, 0.15) is 0 Å². The van der Waals surface area contributed by atoms with Crippen molar-refractivity contribution in [2.24, 2.45) is 5.73 Å². The molecule has 14 heavy (non-hydrogen) atoms. The number of hydrogen-bond acceptors (Lipinski definition) is 2. The maximum absolute atomic E-state index is 10.8. The van der Waals surface area contributed by atoms with Crippen LogP contribution in [0, 0.1) is 0 Å². The van der Waals surface area contributed by atoms with Gasteiger partial charge in [0, 0.05) is 18.0 Å². The van der Waals surface area contributed by atoms with Gasteiger partial charge in [0.2, 0.25) is 5.91 Å². The minimum absolute atomic E-state index is 0.419. The third kappa shape index (κ3) is 1.50. The van der Waals surface area contributed by atoms with E-state index >= 15 is 0 Å². The molecule has 1 aromatic carbocycles. The lowest BCUT2D eigenvalue weighted by Crippen LogP contribution is -2.10. The van der Waals surface area contributed by atoms with E-state index in [0.717, 1.165) is 5.69 Å². The summed E-state index contributed by atoms with van der Waals surface area (Å²) in [6.07, 6.45) is 3.53. The number of carbonyl (C=O) groups is 1. The van der Waals surface area contributed by atoms with Crippen LogP contribution in [-0.4, -0.2) is 15.7 Å². The fourth-order valence-electron chi connectivity index (χ4n) is 1.20. The molecule has 70 valence electrons. The molecule has 0 saturated heterocycles. The Balaban J connectivity index is 2.36. The first-order valence-corrected chi connectivity index (χ1v) is 4.17. The summed E-state index contributed by atoms with van der Waals surface area (Å²) in [5.41, 5.74) is 6.52. The van der Waals surface area contributed by atoms with Crippen molar-refractivity contribution < 1.29 is 4.79 Å². The van der Waals surface area contributed by atoms with Crippen molar-refractivity contribution in [3.8, 4) is 5.69 Å². The van der Waals surface area contributed by atoms with E-state index in [4.69, 9.17) is 5.73 Å². The Labute approximate surface area is 81.0 Å². The maximum atomic E-state index is 10.8. The average Bonchev–Trinajstić information content (AvgIpc) is 2.71. The number of amides is 1. The second-order valence-corrected chi connectivity index (χ2v) is 2.86. The van der Waals surface area contributed by atoms with E-state index in [-0.39, 0.29) is 0 Å². The molecule has 1 aromatic heterocycles. The molecule has 1 amide bonds. The molecular formula is C10H9N3O. The van der Waals surface area contributed by atoms with Crippen LogP contribution in [0.3, 0.4) is 0 Å². The molecule has 0 aliphatic rings. The lowest BCUT2D eigenvalue weighted by Gasteiger charge is -2.01. The van der Waals surface area contributed by atoms with Crippen molar-refractivity contribution in [2.75, 3.05) is 0 Å². The average molecular weight is 187 g/mol. The molecule has 0 aliphatic carbocycles. The molecule has 4 heteroatoms. The van der Waals surface area contributed by atoms with E-state index in [2.05, 4.69) is 5.10 Å². The maximum Gasteiger partial charge on any atom is 0.248 e. The number of aromatic nitrogens is 2. The van der Waals surface area contributed by atoms with Gasteiger partial charge >= 0.3 is 0 Å². The Hall–Kier alpha value is -2.10. The van der Waals surface area contributed by atoms with E-state index in [9.17, 15) is 4.79 Å². The quantitative estimate of drug-likeness (QED) is 0.761. The Bertz CT molecular complexity index is 431. The van der Waals surface area contributed by atoms with Crippen LogP contribution >= 0.6 is 0 Å². The summed E-state index contributed by atoms with van der Waals surface area (Å²) in [4.78, 5) is 10.8. The van der Waals surface area contributed by atoms with Gasteiger partial charge in [-0.05, 0) is 30.3 Å². The molecule has 4 nitrogen and oxygen atoms in total. The van der Waals surface area contributed by atoms with Crippen LogP contribution in [0.1, 0.15) is 10.4 Å². The highest BCUT2D eigenvalue weighted by atomic mass is 16.1. The molecule has 2 aromatic rings. The lowest BCUT2D eigenvalue weighted by atomic mass is 10.2. The second-order valence-electron chi connectivity index (χ2n) is 2.86. The molecule has 0 bridgehead atoms. The van der Waals surface area contributed by atoms with Crippen LogP contribution in [0.5, 0.6) is 0 Å². The summed E-state index contributed by atoms with van der Waals surface area (Å²) in [5, 5.41) is 4.06. The Morgan fingerprint density at radius 3 is 2.50 bits per heavy atom. The molecule has 1 heterocycles. The summed E-state index contributed by atoms with van der Waals surface area (Å²) in [5.74, 6) is -0.419. The predicted molar refractivity (Wildman–Crippen MR) is 52.1 cm³/mol. The molecule has 0 fully saturated rings. The Kier molecular flexibility index (Phi) is 2.02. The zero-order valence-electron chi connectivity index (χ0n) is 7.42. The van der Waals surface area contributed by atoms with Gasteiger partial charge in [0.25, 0.3) is 0 Å². The standard InChI is InChI=1S/C10H9N3O/c11-10(14)8-2-4-9(5-3-8)13-7-1-6-12-13/h1-7H,(H2,11,14). The van der Waals surface area contributed by atoms with Crippen molar-refractivity contribution in [1.29, 1.82) is 0 Å². The SMILES string of the molecule is NC(=O)c1ccc(-n2cccn2)cc1. The molecule has 0 saturated carbocycles. The molecule has 2 rings (SSSR count). The van der Waals surface area contributed by atoms with Gasteiger partial charge in [0.15, 0.2) is 0 Å². The first kappa shape index (κ1) is 8.50. The summed E-state index contributed by atoms with van der Waals surface area (Å²) in [6, 6.07) is 8.79. The van der Waals surface area contributed by atoms with E-state index in [0.29, 0.717) is 5.56 Å². The summed E-state index contributed by atoms with van der Waals surface area (Å²) in [7, 11) is 0. The number of primary amides is 1. The third-order valence-electron chi connectivity index (χ3n) is 1.92. The lowest BCUT2D eigenvalue weighted by molar-refractivity contribution is 0.100. The highest BCUT2D eigenvalue weighted by molar-refractivity contribution is 5.92. The van der Waals surface area contributed by atoms with Crippen molar-refractivity contribution >= 4 is 5.91 Å². The van der Waals surface area contributed by atoms with Gasteiger partial charge in [-0.25, -0.2) is 4.68 Å². The number of nitrogens with zero attached hydrogens (tertiary/aromatic N) is 2. The Morgan fingerprint density at radius 1 is 1.29 bits per heavy atom. The fraction of sp³-hybridized carbons (Fsp3) is 0. The first-order chi connectivity index (χ1) is 6.77. The topological polar surface area (TPSA) is 60.9 Å². The number of nitrogens with two attached hydrogens (primary N) is 1. The van der Waals surface area contributed by atoms with Gasteiger partial charge in [-0.2, -0.15) is 5.10 Å². The van der Waals surface area contributed by atoms with Gasteiger partial charge in [-0.1, -0.05) is 0 Å². The molecule has 2 N–H and O–H groups in total. The summed E-state index contributed by atoms with van der Waals surface area (Å²) in [6.45, 7) is 0. The molecular weight excluding hydrogens is 178 g/mol. The predicted octanol–water partition coefficient (Wildman–Crippen LogP) is 0.971. The number of benzene rings is 1. The van der Waals surface area contributed by atoms with E-state index in [1.165, 1.54) is 0 Å². The van der Waals surface area contributed by atoms with Crippen molar-refractivity contribution in [3.63, 3.8) is 0 Å². The summed E-state index contributed by atoms with van der Waals surface area (Å²) < 4.78 is 1.71. The molecule has 0 spiro atoms. The number of carbonyl (C=O) groups excluding carboxylic acids is 1. The van der Waals surface area contributed by atoms with Gasteiger partial charge in [-0.3, -0.25) is 4.79 Å². The third-order valence-corrected chi connectivity index (χ3v) is 1.92. The van der Waals surface area contributed by atoms with Crippen LogP contribution in [0.15, 0.2) is 42.7 Å². The highest BCUT2D eigenvalue weighted by Crippen LogP contribution is 2.07. The molecule has 0 radical (unpaired) electrons. The number of hydrogen-bond donors (Lipinski definition) is 1. The van der Waals surface area contributed by atoms with Crippen LogP contribution in [0.25, 0.3) is 5.69 Å². The summed E-state index contributed by atoms with van der Waals surface area (Å²) >= 11 is 0. The first-order valence-electron chi connectivity index (χ1n) is 4.17. The normalized spacial score (nSPS) is 10.0. The van der Waals surface area contributed by atoms with Gasteiger partial charge in [-0.15, -0.1) is 0 Å². The minimum Gasteiger partial charge on any atom is -0.366 e. The van der Waals surface area contributed by atoms with Crippen LogP contribution in [0.2, 0.25) is 0 Å². The van der Waals surface area contributed by atoms with Crippen LogP contribution < -0.4 is 5.73 Å². The van der Waals surface area contributed by atoms with Crippen molar-refractivity contribution in [2.45, 2.75) is 0 Å². The minimum atomic E-state index is -0.419. The van der Waals surface area contributed by atoms with Gasteiger partial charge < -0.3 is 5.73 Å². The van der Waals surface area contributed by atoms with E-state index in [1.807, 2.05) is 12.3 Å². The van der Waals surface area contributed by atoms with Gasteiger partial charge in [0.05, 0.1) is 5.69 Å². The van der Waals surface area contributed by atoms with E-state index < -0.39 is 5.91 Å². The van der Waals surface area contributed by atoms with Crippen molar-refractivity contribution in [1.82, 2.24) is 9.78 Å². The fourth-order valence-corrected chi connectivity index (χ4v) is 1.20. The van der Waals surface area contributed by atoms with Crippen LogP contribution in [0.4, 0.5) is 0 Å². The molecule has 0 aliphatic heterocycles. The van der Waals surface area contributed by atoms with E-state index in [1.54, 1.807) is 35.1 Å². The van der Waals surface area contributed by atoms with Crippen LogP contribution in [-0.2, 0) is 0 Å². The number of rotatable bonds is 2. The zero-order valence-corrected chi connectivity index (χ0v) is 7.42.